The van der Waals surface area contributed by atoms with Gasteiger partial charge >= 0.3 is 0 Å². The Balaban J connectivity index is 0.000000463. The third-order valence-corrected chi connectivity index (χ3v) is 5.59. The third-order valence-electron chi connectivity index (χ3n) is 5.59. The molecule has 0 aromatic rings. The lowest BCUT2D eigenvalue weighted by Crippen LogP contribution is -2.37. The van der Waals surface area contributed by atoms with Crippen molar-refractivity contribution in [2.24, 2.45) is 0 Å². The highest BCUT2D eigenvalue weighted by Crippen LogP contribution is 2.08. The molecule has 1 fully saturated rings. The van der Waals surface area contributed by atoms with E-state index in [4.69, 9.17) is 0 Å². The minimum atomic E-state index is 0.658. The van der Waals surface area contributed by atoms with Gasteiger partial charge in [-0.1, -0.05) is 0 Å². The predicted molar refractivity (Wildman–Crippen MR) is 114 cm³/mol. The molecular weight excluding hydrogens is 308 g/mol. The number of nitrogens with zero attached hydrogens (tertiary/aromatic N) is 4. The summed E-state index contributed by atoms with van der Waals surface area (Å²) in [6, 6.07) is 2.75. The summed E-state index contributed by atoms with van der Waals surface area (Å²) in [5, 5.41) is 0. The summed E-state index contributed by atoms with van der Waals surface area (Å²) in [6.07, 6.45) is 1.33. The summed E-state index contributed by atoms with van der Waals surface area (Å²) in [4.78, 5) is 9.92. The molecule has 0 radical (unpaired) electrons. The van der Waals surface area contributed by atoms with E-state index in [1.165, 1.54) is 32.6 Å². The number of rotatable bonds is 7. The van der Waals surface area contributed by atoms with Crippen LogP contribution >= 0.6 is 0 Å². The molecule has 1 aliphatic rings. The van der Waals surface area contributed by atoms with Crippen LogP contribution in [-0.2, 0) is 0 Å². The van der Waals surface area contributed by atoms with Crippen LogP contribution in [-0.4, -0.2) is 97.1 Å². The van der Waals surface area contributed by atoms with Gasteiger partial charge in [-0.3, -0.25) is 9.80 Å². The van der Waals surface area contributed by atoms with Gasteiger partial charge in [-0.25, -0.2) is 0 Å². The molecule has 0 aromatic carbocycles. The monoisotopic (exact) mass is 356 g/mol. The lowest BCUT2D eigenvalue weighted by Gasteiger charge is -2.26. The summed E-state index contributed by atoms with van der Waals surface area (Å²) in [6.45, 7) is 25.5. The fourth-order valence-corrected chi connectivity index (χ4v) is 2.82. The van der Waals surface area contributed by atoms with Crippen molar-refractivity contribution in [2.45, 2.75) is 86.0 Å². The Morgan fingerprint density at radius 1 is 0.600 bits per heavy atom. The summed E-state index contributed by atoms with van der Waals surface area (Å²) in [5.74, 6) is 0. The highest BCUT2D eigenvalue weighted by atomic mass is 15.2. The molecule has 0 unspecified atom stereocenters. The molecule has 0 bridgehead atoms. The molecule has 0 N–H and O–H groups in total. The zero-order chi connectivity index (χ0) is 19.6. The van der Waals surface area contributed by atoms with Crippen LogP contribution in [0.4, 0.5) is 0 Å². The van der Waals surface area contributed by atoms with Crippen LogP contribution in [0.2, 0.25) is 0 Å². The second-order valence-electron chi connectivity index (χ2n) is 8.76. The second kappa shape index (κ2) is 13.1. The molecule has 0 amide bonds. The standard InChI is InChI=1S/C11H24N2.C10H24N2/c1-10(2)12-6-5-7-13(9-8-12)11(3)4;1-9(2)11(5)7-8-12(6)10(3)4/h10-11H,5-9H2,1-4H3;9-10H,7-8H2,1-6H3. The van der Waals surface area contributed by atoms with Crippen LogP contribution < -0.4 is 0 Å². The van der Waals surface area contributed by atoms with Gasteiger partial charge in [0.25, 0.3) is 0 Å². The van der Waals surface area contributed by atoms with Crippen LogP contribution in [0.3, 0.4) is 0 Å². The van der Waals surface area contributed by atoms with Crippen molar-refractivity contribution in [1.82, 2.24) is 19.6 Å². The normalized spacial score (nSPS) is 17.8. The average Bonchev–Trinajstić information content (AvgIpc) is 2.78. The molecule has 152 valence electrons. The maximum absolute atomic E-state index is 2.59. The van der Waals surface area contributed by atoms with Gasteiger partial charge in [0, 0.05) is 50.3 Å². The zero-order valence-electron chi connectivity index (χ0n) is 19.0. The molecule has 0 atom stereocenters. The van der Waals surface area contributed by atoms with Gasteiger partial charge in [0.05, 0.1) is 0 Å². The number of hydrogen-bond donors (Lipinski definition) is 0. The first-order valence-corrected chi connectivity index (χ1v) is 10.4. The van der Waals surface area contributed by atoms with Crippen LogP contribution in [0, 0.1) is 0 Å². The lowest BCUT2D eigenvalue weighted by atomic mass is 10.3. The zero-order valence-corrected chi connectivity index (χ0v) is 19.0. The molecule has 4 nitrogen and oxygen atoms in total. The van der Waals surface area contributed by atoms with Crippen molar-refractivity contribution in [2.75, 3.05) is 53.4 Å². The molecule has 25 heavy (non-hydrogen) atoms. The Labute approximate surface area is 159 Å². The average molecular weight is 357 g/mol. The van der Waals surface area contributed by atoms with E-state index in [1.54, 1.807) is 0 Å². The quantitative estimate of drug-likeness (QED) is 0.692. The molecule has 1 aliphatic heterocycles. The Morgan fingerprint density at radius 3 is 1.16 bits per heavy atom. The Kier molecular flexibility index (Phi) is 13.0. The van der Waals surface area contributed by atoms with Crippen molar-refractivity contribution in [3.05, 3.63) is 0 Å². The van der Waals surface area contributed by atoms with Gasteiger partial charge in [0.15, 0.2) is 0 Å². The summed E-state index contributed by atoms with van der Waals surface area (Å²) < 4.78 is 0. The molecule has 0 aromatic heterocycles. The number of hydrogen-bond acceptors (Lipinski definition) is 4. The Bertz CT molecular complexity index is 285. The first-order chi connectivity index (χ1) is 11.6. The fourth-order valence-electron chi connectivity index (χ4n) is 2.82. The van der Waals surface area contributed by atoms with Crippen molar-refractivity contribution in [3.8, 4) is 0 Å². The molecule has 1 rings (SSSR count). The van der Waals surface area contributed by atoms with Gasteiger partial charge in [0.2, 0.25) is 0 Å². The molecule has 0 saturated carbocycles. The maximum Gasteiger partial charge on any atom is 0.0112 e. The largest absolute Gasteiger partial charge is 0.303 e. The van der Waals surface area contributed by atoms with E-state index >= 15 is 0 Å². The molecule has 1 saturated heterocycles. The van der Waals surface area contributed by atoms with Crippen LogP contribution in [0.1, 0.15) is 61.8 Å². The van der Waals surface area contributed by atoms with E-state index in [1.807, 2.05) is 0 Å². The van der Waals surface area contributed by atoms with Crippen molar-refractivity contribution >= 4 is 0 Å². The van der Waals surface area contributed by atoms with Crippen LogP contribution in [0.25, 0.3) is 0 Å². The van der Waals surface area contributed by atoms with Crippen molar-refractivity contribution < 1.29 is 0 Å². The Morgan fingerprint density at radius 2 is 0.920 bits per heavy atom. The molecule has 0 spiro atoms. The van der Waals surface area contributed by atoms with Gasteiger partial charge in [0.1, 0.15) is 0 Å². The van der Waals surface area contributed by atoms with E-state index in [2.05, 4.69) is 89.1 Å². The van der Waals surface area contributed by atoms with E-state index in [0.29, 0.717) is 24.2 Å². The van der Waals surface area contributed by atoms with Gasteiger partial charge in [-0.15, -0.1) is 0 Å². The van der Waals surface area contributed by atoms with E-state index in [9.17, 15) is 0 Å². The van der Waals surface area contributed by atoms with Gasteiger partial charge in [-0.05, 0) is 89.0 Å². The van der Waals surface area contributed by atoms with Crippen molar-refractivity contribution in [1.29, 1.82) is 0 Å². The lowest BCUT2D eigenvalue weighted by molar-refractivity contribution is 0.202. The van der Waals surface area contributed by atoms with E-state index in [-0.39, 0.29) is 0 Å². The predicted octanol–water partition coefficient (Wildman–Crippen LogP) is 3.48. The Hall–Kier alpha value is -0.160. The summed E-state index contributed by atoms with van der Waals surface area (Å²) in [7, 11) is 4.36. The highest BCUT2D eigenvalue weighted by molar-refractivity contribution is 4.73. The van der Waals surface area contributed by atoms with E-state index < -0.39 is 0 Å². The van der Waals surface area contributed by atoms with E-state index in [0.717, 1.165) is 13.1 Å². The third kappa shape index (κ3) is 11.2. The SMILES string of the molecule is CC(C)N(C)CCN(C)C(C)C.CC(C)N1CCCN(C(C)C)CC1. The number of likely N-dealkylation sites (N-methyl/N-ethyl adjacent to an activating group) is 2. The fraction of sp³-hybridized carbons (Fsp3) is 1.00. The molecule has 4 heteroatoms. The minimum Gasteiger partial charge on any atom is -0.303 e. The highest BCUT2D eigenvalue weighted by Gasteiger charge is 2.17. The van der Waals surface area contributed by atoms with Gasteiger partial charge < -0.3 is 9.80 Å². The second-order valence-corrected chi connectivity index (χ2v) is 8.76. The first-order valence-electron chi connectivity index (χ1n) is 10.4. The minimum absolute atomic E-state index is 0.658. The topological polar surface area (TPSA) is 13.0 Å². The molecule has 1 heterocycles. The molecular formula is C21H48N4. The first kappa shape index (κ1) is 24.8. The maximum atomic E-state index is 2.59. The van der Waals surface area contributed by atoms with Gasteiger partial charge in [-0.2, -0.15) is 0 Å². The van der Waals surface area contributed by atoms with Crippen molar-refractivity contribution in [3.63, 3.8) is 0 Å². The summed E-state index contributed by atoms with van der Waals surface area (Å²) in [5.41, 5.74) is 0. The summed E-state index contributed by atoms with van der Waals surface area (Å²) >= 11 is 0. The van der Waals surface area contributed by atoms with Crippen LogP contribution in [0.15, 0.2) is 0 Å². The molecule has 0 aliphatic carbocycles. The van der Waals surface area contributed by atoms with Crippen LogP contribution in [0.5, 0.6) is 0 Å². The smallest absolute Gasteiger partial charge is 0.0112 e.